The second-order valence-corrected chi connectivity index (χ2v) is 4.30. The Labute approximate surface area is 105 Å². The third-order valence-electron chi connectivity index (χ3n) is 3.31. The molecule has 5 heteroatoms. The molecule has 0 aliphatic carbocycles. The largest absolute Gasteiger partial charge is 0.504 e. The Hall–Kier alpha value is -2.01. The lowest BCUT2D eigenvalue weighted by Crippen LogP contribution is -2.30. The molecule has 5 nitrogen and oxygen atoms in total. The van der Waals surface area contributed by atoms with E-state index in [0.29, 0.717) is 5.75 Å². The van der Waals surface area contributed by atoms with Gasteiger partial charge in [-0.2, -0.15) is 0 Å². The molecule has 1 unspecified atom stereocenters. The minimum absolute atomic E-state index is 0.0879. The number of ether oxygens (including phenoxy) is 1. The summed E-state index contributed by atoms with van der Waals surface area (Å²) in [5.74, 6) is 0.658. The fraction of sp³-hybridized carbons (Fsp3) is 0.308. The van der Waals surface area contributed by atoms with Crippen molar-refractivity contribution in [2.45, 2.75) is 12.5 Å². The van der Waals surface area contributed by atoms with Gasteiger partial charge in [-0.25, -0.2) is 4.98 Å². The number of aromatic amines is 1. The molecule has 0 radical (unpaired) electrons. The van der Waals surface area contributed by atoms with Gasteiger partial charge in [0.2, 0.25) is 0 Å². The van der Waals surface area contributed by atoms with Crippen LogP contribution in [0.5, 0.6) is 11.5 Å². The van der Waals surface area contributed by atoms with E-state index >= 15 is 0 Å². The Morgan fingerprint density at radius 2 is 2.33 bits per heavy atom. The molecule has 3 N–H and O–H groups in total. The minimum Gasteiger partial charge on any atom is -0.504 e. The summed E-state index contributed by atoms with van der Waals surface area (Å²) in [6.07, 6.45) is 2.62. The minimum atomic E-state index is -0.0879. The molecular formula is C13H15N3O2. The second kappa shape index (κ2) is 4.34. The first kappa shape index (κ1) is 11.1. The number of phenols is 1. The molecule has 1 aliphatic rings. The average Bonchev–Trinajstić information content (AvgIpc) is 2.87. The topological polar surface area (TPSA) is 70.2 Å². The summed E-state index contributed by atoms with van der Waals surface area (Å²) in [5, 5.41) is 13.6. The summed E-state index contributed by atoms with van der Waals surface area (Å²) in [6.45, 7) is 0.858. The van der Waals surface area contributed by atoms with Gasteiger partial charge in [0.15, 0.2) is 11.5 Å². The molecule has 94 valence electrons. The third kappa shape index (κ3) is 1.64. The Balaban J connectivity index is 2.07. The lowest BCUT2D eigenvalue weighted by molar-refractivity contribution is 0.367. The van der Waals surface area contributed by atoms with E-state index in [1.54, 1.807) is 19.5 Å². The molecular weight excluding hydrogens is 230 g/mol. The van der Waals surface area contributed by atoms with Crippen LogP contribution in [-0.2, 0) is 6.42 Å². The molecule has 1 aromatic heterocycles. The molecule has 0 fully saturated rings. The second-order valence-electron chi connectivity index (χ2n) is 4.30. The summed E-state index contributed by atoms with van der Waals surface area (Å²) < 4.78 is 5.14. The van der Waals surface area contributed by atoms with Crippen LogP contribution in [0, 0.1) is 0 Å². The molecule has 1 atom stereocenters. The number of fused-ring (bicyclic) bond motifs is 1. The van der Waals surface area contributed by atoms with E-state index < -0.39 is 0 Å². The molecule has 0 bridgehead atoms. The highest BCUT2D eigenvalue weighted by molar-refractivity contribution is 5.49. The smallest absolute Gasteiger partial charge is 0.162 e. The highest BCUT2D eigenvalue weighted by Crippen LogP contribution is 2.37. The molecule has 1 aliphatic heterocycles. The first-order chi connectivity index (χ1) is 8.81. The number of rotatable bonds is 2. The summed E-state index contributed by atoms with van der Waals surface area (Å²) in [6, 6.07) is 5.42. The van der Waals surface area contributed by atoms with Crippen LogP contribution in [0.15, 0.2) is 24.5 Å². The fourth-order valence-corrected chi connectivity index (χ4v) is 2.41. The van der Waals surface area contributed by atoms with Crippen LogP contribution >= 0.6 is 0 Å². The number of hydrogen-bond acceptors (Lipinski definition) is 4. The normalized spacial score (nSPS) is 18.4. The van der Waals surface area contributed by atoms with Crippen molar-refractivity contribution in [2.75, 3.05) is 13.7 Å². The molecule has 0 amide bonds. The van der Waals surface area contributed by atoms with E-state index in [4.69, 9.17) is 4.74 Å². The number of aromatic nitrogens is 2. The van der Waals surface area contributed by atoms with Crippen molar-refractivity contribution >= 4 is 0 Å². The van der Waals surface area contributed by atoms with E-state index in [2.05, 4.69) is 15.3 Å². The van der Waals surface area contributed by atoms with Gasteiger partial charge < -0.3 is 20.1 Å². The standard InChI is InChI=1S/C13H15N3O2/c1-18-10-4-2-3-8(13(10)17)11-12-9(5-6-14-11)15-7-16-12/h2-4,7,11,14,17H,5-6H2,1H3,(H,15,16). The Morgan fingerprint density at radius 3 is 3.17 bits per heavy atom. The van der Waals surface area contributed by atoms with E-state index in [-0.39, 0.29) is 11.8 Å². The number of aromatic hydroxyl groups is 1. The van der Waals surface area contributed by atoms with Gasteiger partial charge in [-0.05, 0) is 6.07 Å². The summed E-state index contributed by atoms with van der Waals surface area (Å²) in [5.41, 5.74) is 2.87. The van der Waals surface area contributed by atoms with Gasteiger partial charge in [-0.1, -0.05) is 12.1 Å². The number of benzene rings is 1. The van der Waals surface area contributed by atoms with E-state index in [1.807, 2.05) is 12.1 Å². The number of methoxy groups -OCH3 is 1. The van der Waals surface area contributed by atoms with Gasteiger partial charge >= 0.3 is 0 Å². The number of hydrogen-bond donors (Lipinski definition) is 3. The molecule has 3 rings (SSSR count). The van der Waals surface area contributed by atoms with Crippen LogP contribution in [0.1, 0.15) is 23.0 Å². The molecule has 0 saturated carbocycles. The van der Waals surface area contributed by atoms with Crippen LogP contribution in [0.4, 0.5) is 0 Å². The maximum absolute atomic E-state index is 10.2. The molecule has 0 saturated heterocycles. The summed E-state index contributed by atoms with van der Waals surface area (Å²) in [7, 11) is 1.55. The number of imidazole rings is 1. The highest BCUT2D eigenvalue weighted by atomic mass is 16.5. The Morgan fingerprint density at radius 1 is 1.44 bits per heavy atom. The maximum Gasteiger partial charge on any atom is 0.162 e. The monoisotopic (exact) mass is 245 g/mol. The Bertz CT molecular complexity index is 565. The van der Waals surface area contributed by atoms with Crippen LogP contribution < -0.4 is 10.1 Å². The van der Waals surface area contributed by atoms with Gasteiger partial charge in [-0.3, -0.25) is 0 Å². The van der Waals surface area contributed by atoms with E-state index in [9.17, 15) is 5.11 Å². The predicted molar refractivity (Wildman–Crippen MR) is 66.8 cm³/mol. The van der Waals surface area contributed by atoms with Crippen LogP contribution in [0.2, 0.25) is 0 Å². The summed E-state index contributed by atoms with van der Waals surface area (Å²) >= 11 is 0. The lowest BCUT2D eigenvalue weighted by atomic mass is 9.97. The average molecular weight is 245 g/mol. The van der Waals surface area contributed by atoms with Gasteiger partial charge in [0.1, 0.15) is 0 Å². The van der Waals surface area contributed by atoms with E-state index in [1.165, 1.54) is 0 Å². The molecule has 0 spiro atoms. The Kier molecular flexibility index (Phi) is 2.68. The third-order valence-corrected chi connectivity index (χ3v) is 3.31. The van der Waals surface area contributed by atoms with Crippen molar-refractivity contribution < 1.29 is 9.84 Å². The SMILES string of the molecule is COc1cccc(C2NCCc3[nH]cnc32)c1O. The van der Waals surface area contributed by atoms with Crippen LogP contribution in [0.3, 0.4) is 0 Å². The fourth-order valence-electron chi connectivity index (χ4n) is 2.41. The first-order valence-corrected chi connectivity index (χ1v) is 5.92. The van der Waals surface area contributed by atoms with Crippen LogP contribution in [-0.4, -0.2) is 28.7 Å². The zero-order chi connectivity index (χ0) is 12.5. The highest BCUT2D eigenvalue weighted by Gasteiger charge is 2.26. The first-order valence-electron chi connectivity index (χ1n) is 5.92. The quantitative estimate of drug-likeness (QED) is 0.747. The van der Waals surface area contributed by atoms with Gasteiger partial charge in [0, 0.05) is 24.2 Å². The van der Waals surface area contributed by atoms with Crippen LogP contribution in [0.25, 0.3) is 0 Å². The molecule has 1 aromatic carbocycles. The van der Waals surface area contributed by atoms with Gasteiger partial charge in [-0.15, -0.1) is 0 Å². The number of H-pyrrole nitrogens is 1. The van der Waals surface area contributed by atoms with Crippen molar-refractivity contribution in [3.8, 4) is 11.5 Å². The number of nitrogens with one attached hydrogen (secondary N) is 2. The predicted octanol–water partition coefficient (Wildman–Crippen LogP) is 1.36. The summed E-state index contributed by atoms with van der Waals surface area (Å²) in [4.78, 5) is 7.48. The van der Waals surface area contributed by atoms with Crippen molar-refractivity contribution in [1.29, 1.82) is 0 Å². The van der Waals surface area contributed by atoms with Crippen molar-refractivity contribution in [2.24, 2.45) is 0 Å². The van der Waals surface area contributed by atoms with Crippen molar-refractivity contribution in [1.82, 2.24) is 15.3 Å². The van der Waals surface area contributed by atoms with Gasteiger partial charge in [0.05, 0.1) is 25.2 Å². The zero-order valence-corrected chi connectivity index (χ0v) is 10.1. The molecule has 2 aromatic rings. The van der Waals surface area contributed by atoms with Crippen molar-refractivity contribution in [3.05, 3.63) is 41.5 Å². The number of para-hydroxylation sites is 1. The maximum atomic E-state index is 10.2. The van der Waals surface area contributed by atoms with Crippen molar-refractivity contribution in [3.63, 3.8) is 0 Å². The number of nitrogens with zero attached hydrogens (tertiary/aromatic N) is 1. The molecule has 18 heavy (non-hydrogen) atoms. The van der Waals surface area contributed by atoms with Gasteiger partial charge in [0.25, 0.3) is 0 Å². The number of phenolic OH excluding ortho intramolecular Hbond substituents is 1. The zero-order valence-electron chi connectivity index (χ0n) is 10.1. The lowest BCUT2D eigenvalue weighted by Gasteiger charge is -2.24. The van der Waals surface area contributed by atoms with E-state index in [0.717, 1.165) is 29.9 Å². The molecule has 2 heterocycles.